The summed E-state index contributed by atoms with van der Waals surface area (Å²) in [6.07, 6.45) is 0. The van der Waals surface area contributed by atoms with Gasteiger partial charge in [-0.2, -0.15) is 0 Å². The molecule has 0 saturated carbocycles. The Balaban J connectivity index is 2.49. The number of benzene rings is 1. The monoisotopic (exact) mass is 494 g/mol. The van der Waals surface area contributed by atoms with Gasteiger partial charge in [0.05, 0.1) is 18.0 Å². The van der Waals surface area contributed by atoms with Gasteiger partial charge in [-0.15, -0.1) is 22.9 Å². The molecule has 2 rings (SSSR count). The second kappa shape index (κ2) is 6.10. The number of thiophene rings is 1. The Morgan fingerprint density at radius 1 is 1.11 bits per heavy atom. The first kappa shape index (κ1) is 15.3. The molecular formula is C11H4Br3Cl2FS. The normalized spacial score (nSPS) is 12.8. The van der Waals surface area contributed by atoms with E-state index in [4.69, 9.17) is 23.2 Å². The molecule has 0 amide bonds. The minimum absolute atomic E-state index is 0.357. The average molecular weight is 498 g/mol. The molecule has 0 nitrogen and oxygen atoms in total. The van der Waals surface area contributed by atoms with E-state index in [1.807, 2.05) is 6.07 Å². The van der Waals surface area contributed by atoms with Crippen molar-refractivity contribution in [2.75, 3.05) is 0 Å². The van der Waals surface area contributed by atoms with E-state index in [1.165, 1.54) is 23.5 Å². The number of rotatable bonds is 2. The molecule has 0 aliphatic heterocycles. The van der Waals surface area contributed by atoms with Crippen LogP contribution in [0.15, 0.2) is 30.2 Å². The molecule has 18 heavy (non-hydrogen) atoms. The standard InChI is InChI=1S/C11H4Br3Cl2FS/c12-6-3-8(17)4(1-7(6)15)10(16)5-2-9(13)18-11(5)14/h1-3,10H. The third-order valence-electron chi connectivity index (χ3n) is 2.27. The number of alkyl halides is 1. The fraction of sp³-hybridized carbons (Fsp3) is 0.0909. The van der Waals surface area contributed by atoms with Crippen molar-refractivity contribution in [1.29, 1.82) is 0 Å². The van der Waals surface area contributed by atoms with Crippen molar-refractivity contribution in [3.8, 4) is 0 Å². The molecule has 2 aromatic rings. The molecule has 0 fully saturated rings. The predicted molar refractivity (Wildman–Crippen MR) is 86.5 cm³/mol. The van der Waals surface area contributed by atoms with Gasteiger partial charge >= 0.3 is 0 Å². The van der Waals surface area contributed by atoms with Gasteiger partial charge in [-0.1, -0.05) is 11.6 Å². The summed E-state index contributed by atoms with van der Waals surface area (Å²) in [5.74, 6) is -0.388. The van der Waals surface area contributed by atoms with Gasteiger partial charge in [0.25, 0.3) is 0 Å². The summed E-state index contributed by atoms with van der Waals surface area (Å²) in [6.45, 7) is 0. The van der Waals surface area contributed by atoms with Crippen LogP contribution in [0, 0.1) is 5.82 Å². The molecule has 1 unspecified atom stereocenters. The van der Waals surface area contributed by atoms with Gasteiger partial charge in [-0.05, 0) is 66.0 Å². The predicted octanol–water partition coefficient (Wildman–Crippen LogP) is 7.16. The van der Waals surface area contributed by atoms with Crippen LogP contribution < -0.4 is 0 Å². The maximum atomic E-state index is 13.9. The van der Waals surface area contributed by atoms with Gasteiger partial charge < -0.3 is 0 Å². The maximum absolute atomic E-state index is 13.9. The van der Waals surface area contributed by atoms with Gasteiger partial charge in [-0.25, -0.2) is 4.39 Å². The molecule has 0 aliphatic carbocycles. The molecule has 1 aromatic heterocycles. The second-order valence-corrected chi connectivity index (χ2v) is 8.88. The molecule has 1 aromatic carbocycles. The number of halogens is 6. The summed E-state index contributed by atoms with van der Waals surface area (Å²) in [4.78, 5) is 0. The van der Waals surface area contributed by atoms with Crippen LogP contribution in [0.2, 0.25) is 5.02 Å². The van der Waals surface area contributed by atoms with Gasteiger partial charge in [0.2, 0.25) is 0 Å². The van der Waals surface area contributed by atoms with Crippen molar-refractivity contribution in [2.24, 2.45) is 0 Å². The molecule has 1 atom stereocenters. The highest BCUT2D eigenvalue weighted by Crippen LogP contribution is 2.42. The Morgan fingerprint density at radius 3 is 2.33 bits per heavy atom. The Labute approximate surface area is 143 Å². The van der Waals surface area contributed by atoms with Crippen molar-refractivity contribution in [1.82, 2.24) is 0 Å². The summed E-state index contributed by atoms with van der Waals surface area (Å²) in [7, 11) is 0. The van der Waals surface area contributed by atoms with Crippen LogP contribution in [-0.4, -0.2) is 0 Å². The average Bonchev–Trinajstić information content (AvgIpc) is 2.62. The molecule has 0 N–H and O–H groups in total. The van der Waals surface area contributed by atoms with Crippen molar-refractivity contribution in [3.05, 3.63) is 52.2 Å². The molecule has 0 aliphatic rings. The third kappa shape index (κ3) is 3.13. The summed E-state index contributed by atoms with van der Waals surface area (Å²) < 4.78 is 16.2. The third-order valence-corrected chi connectivity index (χ3v) is 6.32. The fourth-order valence-corrected chi connectivity index (χ4v) is 5.35. The smallest absolute Gasteiger partial charge is 0.129 e. The topological polar surface area (TPSA) is 0 Å². The minimum atomic E-state index is -0.590. The van der Waals surface area contributed by atoms with E-state index in [1.54, 1.807) is 0 Å². The van der Waals surface area contributed by atoms with E-state index < -0.39 is 5.38 Å². The summed E-state index contributed by atoms with van der Waals surface area (Å²) in [6, 6.07) is 4.72. The van der Waals surface area contributed by atoms with E-state index in [0.29, 0.717) is 15.1 Å². The highest BCUT2D eigenvalue weighted by atomic mass is 79.9. The van der Waals surface area contributed by atoms with E-state index in [2.05, 4.69) is 47.8 Å². The van der Waals surface area contributed by atoms with E-state index in [-0.39, 0.29) is 5.82 Å². The first-order valence-corrected chi connectivity index (χ1v) is 8.64. The molecule has 7 heteroatoms. The molecule has 0 spiro atoms. The van der Waals surface area contributed by atoms with Crippen LogP contribution in [0.25, 0.3) is 0 Å². The van der Waals surface area contributed by atoms with Crippen molar-refractivity contribution in [2.45, 2.75) is 5.38 Å². The lowest BCUT2D eigenvalue weighted by atomic mass is 10.1. The van der Waals surface area contributed by atoms with Crippen LogP contribution in [0.3, 0.4) is 0 Å². The second-order valence-electron chi connectivity index (χ2n) is 3.43. The summed E-state index contributed by atoms with van der Waals surface area (Å²) in [5, 5.41) is -0.157. The van der Waals surface area contributed by atoms with Gasteiger partial charge in [0.1, 0.15) is 5.82 Å². The molecule has 96 valence electrons. The molecular weight excluding hydrogens is 494 g/mol. The Kier molecular flexibility index (Phi) is 5.17. The molecule has 0 saturated heterocycles. The SMILES string of the molecule is Fc1cc(Br)c(Cl)cc1C(Cl)c1cc(Br)sc1Br. The Hall–Kier alpha value is 0.870. The number of hydrogen-bond acceptors (Lipinski definition) is 1. The first-order valence-electron chi connectivity index (χ1n) is 4.63. The van der Waals surface area contributed by atoms with Gasteiger partial charge in [0.15, 0.2) is 0 Å². The van der Waals surface area contributed by atoms with Crippen LogP contribution >= 0.6 is 82.3 Å². The van der Waals surface area contributed by atoms with Gasteiger partial charge in [0, 0.05) is 15.6 Å². The molecule has 0 radical (unpaired) electrons. The van der Waals surface area contributed by atoms with Crippen molar-refractivity contribution >= 4 is 82.3 Å². The quantitative estimate of drug-likeness (QED) is 0.305. The van der Waals surface area contributed by atoms with Crippen LogP contribution in [0.1, 0.15) is 16.5 Å². The minimum Gasteiger partial charge on any atom is -0.207 e. The van der Waals surface area contributed by atoms with E-state index in [0.717, 1.165) is 13.1 Å². The van der Waals surface area contributed by atoms with Crippen LogP contribution in [0.5, 0.6) is 0 Å². The summed E-state index contributed by atoms with van der Waals surface area (Å²) in [5.41, 5.74) is 1.17. The van der Waals surface area contributed by atoms with Crippen molar-refractivity contribution < 1.29 is 4.39 Å². The zero-order valence-electron chi connectivity index (χ0n) is 8.49. The summed E-state index contributed by atoms with van der Waals surface area (Å²) >= 11 is 23.7. The zero-order chi connectivity index (χ0) is 13.4. The van der Waals surface area contributed by atoms with Crippen LogP contribution in [-0.2, 0) is 0 Å². The highest BCUT2D eigenvalue weighted by Gasteiger charge is 2.21. The molecule has 0 bridgehead atoms. The fourth-order valence-electron chi connectivity index (χ4n) is 1.43. The largest absolute Gasteiger partial charge is 0.207 e. The Morgan fingerprint density at radius 2 is 1.78 bits per heavy atom. The first-order chi connectivity index (χ1) is 8.40. The van der Waals surface area contributed by atoms with Gasteiger partial charge in [-0.3, -0.25) is 0 Å². The van der Waals surface area contributed by atoms with E-state index in [9.17, 15) is 4.39 Å². The van der Waals surface area contributed by atoms with Crippen LogP contribution in [0.4, 0.5) is 4.39 Å². The van der Waals surface area contributed by atoms with Crippen molar-refractivity contribution in [3.63, 3.8) is 0 Å². The lowest BCUT2D eigenvalue weighted by Gasteiger charge is -2.11. The Bertz CT molecular complexity index is 600. The lowest BCUT2D eigenvalue weighted by Crippen LogP contribution is -1.97. The molecule has 1 heterocycles. The zero-order valence-corrected chi connectivity index (χ0v) is 15.6. The van der Waals surface area contributed by atoms with E-state index >= 15 is 0 Å². The lowest BCUT2D eigenvalue weighted by molar-refractivity contribution is 0.611. The maximum Gasteiger partial charge on any atom is 0.129 e. The number of hydrogen-bond donors (Lipinski definition) is 0. The highest BCUT2D eigenvalue weighted by molar-refractivity contribution is 9.12.